The maximum Gasteiger partial charge on any atom is 0.490 e. The first-order chi connectivity index (χ1) is 7.33. The normalized spacial score (nSPS) is 32.7. The molecule has 1 aliphatic heterocycles. The molecule has 1 atom stereocenters. The van der Waals surface area contributed by atoms with E-state index in [0.717, 1.165) is 0 Å². The van der Waals surface area contributed by atoms with Crippen LogP contribution in [0.1, 0.15) is 53.9 Å². The molecule has 1 fully saturated rings. The Bertz CT molecular complexity index is 291. The largest absolute Gasteiger partial charge is 0.490 e. The highest BCUT2D eigenvalue weighted by Crippen LogP contribution is 2.41. The zero-order valence-electron chi connectivity index (χ0n) is 11.2. The molecule has 1 saturated heterocycles. The fraction of sp³-hybridized carbons (Fsp3) is 0.846. The predicted molar refractivity (Wildman–Crippen MR) is 67.2 cm³/mol. The Morgan fingerprint density at radius 2 is 1.75 bits per heavy atom. The second-order valence-electron chi connectivity index (χ2n) is 6.12. The topological polar surface area (TPSA) is 18.5 Å². The van der Waals surface area contributed by atoms with Crippen molar-refractivity contribution in [1.82, 2.24) is 0 Å². The summed E-state index contributed by atoms with van der Waals surface area (Å²) in [5.41, 5.74) is 0.927. The van der Waals surface area contributed by atoms with Gasteiger partial charge in [-0.15, -0.1) is 0 Å². The molecule has 0 bridgehead atoms. The van der Waals surface area contributed by atoms with Gasteiger partial charge in [0, 0.05) is 0 Å². The summed E-state index contributed by atoms with van der Waals surface area (Å²) in [4.78, 5) is 0. The summed E-state index contributed by atoms with van der Waals surface area (Å²) in [7, 11) is -0.125. The van der Waals surface area contributed by atoms with Crippen molar-refractivity contribution in [3.8, 4) is 0 Å². The lowest BCUT2D eigenvalue weighted by molar-refractivity contribution is 0.00578. The molecule has 2 rings (SSSR count). The second-order valence-corrected chi connectivity index (χ2v) is 6.12. The summed E-state index contributed by atoms with van der Waals surface area (Å²) in [5.74, 6) is 0.600. The molecule has 0 unspecified atom stereocenters. The van der Waals surface area contributed by atoms with E-state index < -0.39 is 0 Å². The summed E-state index contributed by atoms with van der Waals surface area (Å²) >= 11 is 0. The van der Waals surface area contributed by atoms with Gasteiger partial charge in [-0.05, 0) is 58.3 Å². The van der Waals surface area contributed by atoms with Gasteiger partial charge in [0.05, 0.1) is 11.2 Å². The van der Waals surface area contributed by atoms with Gasteiger partial charge < -0.3 is 9.31 Å². The zero-order chi connectivity index (χ0) is 12.0. The van der Waals surface area contributed by atoms with Gasteiger partial charge >= 0.3 is 7.12 Å². The molecule has 0 aromatic heterocycles. The Morgan fingerprint density at radius 1 is 1.19 bits per heavy atom. The van der Waals surface area contributed by atoms with Crippen molar-refractivity contribution in [2.24, 2.45) is 5.92 Å². The SMILES string of the molecule is C[C@@H]1CCCC=C1B1OC(C)(C)C(C)(C)O1. The van der Waals surface area contributed by atoms with Crippen LogP contribution in [0.25, 0.3) is 0 Å². The van der Waals surface area contributed by atoms with Gasteiger partial charge in [0.1, 0.15) is 0 Å². The van der Waals surface area contributed by atoms with Gasteiger partial charge in [-0.25, -0.2) is 0 Å². The average Bonchev–Trinajstić information content (AvgIpc) is 2.36. The maximum atomic E-state index is 6.08. The third kappa shape index (κ3) is 1.95. The van der Waals surface area contributed by atoms with Crippen molar-refractivity contribution >= 4 is 7.12 Å². The van der Waals surface area contributed by atoms with E-state index in [4.69, 9.17) is 9.31 Å². The molecule has 0 saturated carbocycles. The standard InChI is InChI=1S/C13H23BO2/c1-10-8-6-7-9-11(10)14-15-12(2,3)13(4,5)16-14/h9-10H,6-8H2,1-5H3/t10-/m1/s1. The van der Waals surface area contributed by atoms with Crippen LogP contribution in [0.3, 0.4) is 0 Å². The molecule has 0 radical (unpaired) electrons. The Morgan fingerprint density at radius 3 is 2.25 bits per heavy atom. The first kappa shape index (κ1) is 12.2. The van der Waals surface area contributed by atoms with Gasteiger partial charge in [-0.3, -0.25) is 0 Å². The lowest BCUT2D eigenvalue weighted by Gasteiger charge is -2.32. The van der Waals surface area contributed by atoms with Crippen LogP contribution in [-0.4, -0.2) is 18.3 Å². The van der Waals surface area contributed by atoms with Crippen LogP contribution >= 0.6 is 0 Å². The van der Waals surface area contributed by atoms with Crippen LogP contribution in [-0.2, 0) is 9.31 Å². The van der Waals surface area contributed by atoms with E-state index in [9.17, 15) is 0 Å². The smallest absolute Gasteiger partial charge is 0.400 e. The van der Waals surface area contributed by atoms with E-state index in [2.05, 4.69) is 40.7 Å². The summed E-state index contributed by atoms with van der Waals surface area (Å²) < 4.78 is 12.2. The molecule has 2 aliphatic rings. The van der Waals surface area contributed by atoms with Crippen LogP contribution in [0.15, 0.2) is 11.5 Å². The monoisotopic (exact) mass is 222 g/mol. The van der Waals surface area contributed by atoms with Crippen LogP contribution in [0.2, 0.25) is 0 Å². The third-order valence-corrected chi connectivity index (χ3v) is 4.32. The molecule has 1 aliphatic carbocycles. The van der Waals surface area contributed by atoms with Crippen molar-refractivity contribution in [3.05, 3.63) is 11.5 Å². The van der Waals surface area contributed by atoms with E-state index in [0.29, 0.717) is 5.92 Å². The van der Waals surface area contributed by atoms with Gasteiger partial charge in [0.15, 0.2) is 0 Å². The molecule has 0 amide bonds. The van der Waals surface area contributed by atoms with Crippen molar-refractivity contribution in [3.63, 3.8) is 0 Å². The maximum absolute atomic E-state index is 6.08. The van der Waals surface area contributed by atoms with Gasteiger partial charge in [0.25, 0.3) is 0 Å². The van der Waals surface area contributed by atoms with Crippen molar-refractivity contribution in [1.29, 1.82) is 0 Å². The number of hydrogen-bond acceptors (Lipinski definition) is 2. The molecular formula is C13H23BO2. The van der Waals surface area contributed by atoms with Gasteiger partial charge in [-0.2, -0.15) is 0 Å². The minimum absolute atomic E-state index is 0.125. The molecule has 90 valence electrons. The number of allylic oxidation sites excluding steroid dienone is 2. The first-order valence-electron chi connectivity index (χ1n) is 6.39. The summed E-state index contributed by atoms with van der Waals surface area (Å²) in [5, 5.41) is 0. The lowest BCUT2D eigenvalue weighted by Crippen LogP contribution is -2.41. The molecule has 2 nitrogen and oxygen atoms in total. The van der Waals surface area contributed by atoms with E-state index in [-0.39, 0.29) is 18.3 Å². The van der Waals surface area contributed by atoms with Gasteiger partial charge in [0.2, 0.25) is 0 Å². The van der Waals surface area contributed by atoms with Crippen molar-refractivity contribution in [2.45, 2.75) is 65.1 Å². The molecule has 3 heteroatoms. The quantitative estimate of drug-likeness (QED) is 0.633. The van der Waals surface area contributed by atoms with Crippen LogP contribution in [0, 0.1) is 5.92 Å². The molecule has 0 aromatic carbocycles. The Hall–Kier alpha value is -0.275. The summed E-state index contributed by atoms with van der Waals surface area (Å²) in [6.45, 7) is 10.7. The highest BCUT2D eigenvalue weighted by Gasteiger charge is 2.52. The predicted octanol–water partition coefficient (Wildman–Crippen LogP) is 3.36. The Kier molecular flexibility index (Phi) is 2.96. The van der Waals surface area contributed by atoms with Crippen LogP contribution < -0.4 is 0 Å². The Balaban J connectivity index is 2.17. The third-order valence-electron chi connectivity index (χ3n) is 4.32. The summed E-state index contributed by atoms with van der Waals surface area (Å²) in [6.07, 6.45) is 6.04. The zero-order valence-corrected chi connectivity index (χ0v) is 11.2. The van der Waals surface area contributed by atoms with E-state index in [1.807, 2.05) is 0 Å². The second kappa shape index (κ2) is 3.88. The Labute approximate surface area is 99.5 Å². The summed E-state index contributed by atoms with van der Waals surface area (Å²) in [6, 6.07) is 0. The average molecular weight is 222 g/mol. The van der Waals surface area contributed by atoms with Crippen molar-refractivity contribution in [2.75, 3.05) is 0 Å². The molecule has 16 heavy (non-hydrogen) atoms. The molecule has 0 spiro atoms. The molecular weight excluding hydrogens is 199 g/mol. The lowest BCUT2D eigenvalue weighted by atomic mass is 9.67. The highest BCUT2D eigenvalue weighted by molar-refractivity contribution is 6.54. The molecule has 0 aromatic rings. The van der Waals surface area contributed by atoms with Crippen LogP contribution in [0.4, 0.5) is 0 Å². The number of rotatable bonds is 1. The van der Waals surface area contributed by atoms with Crippen molar-refractivity contribution < 1.29 is 9.31 Å². The first-order valence-corrected chi connectivity index (χ1v) is 6.39. The highest BCUT2D eigenvalue weighted by atomic mass is 16.7. The minimum atomic E-state index is -0.213. The fourth-order valence-corrected chi connectivity index (χ4v) is 2.37. The molecule has 0 N–H and O–H groups in total. The van der Waals surface area contributed by atoms with E-state index in [1.165, 1.54) is 24.7 Å². The number of hydrogen-bond donors (Lipinski definition) is 0. The van der Waals surface area contributed by atoms with E-state index in [1.54, 1.807) is 0 Å². The minimum Gasteiger partial charge on any atom is -0.400 e. The van der Waals surface area contributed by atoms with Gasteiger partial charge in [-0.1, -0.05) is 13.0 Å². The van der Waals surface area contributed by atoms with E-state index >= 15 is 0 Å². The fourth-order valence-electron chi connectivity index (χ4n) is 2.37. The molecule has 1 heterocycles. The van der Waals surface area contributed by atoms with Crippen LogP contribution in [0.5, 0.6) is 0 Å².